The van der Waals surface area contributed by atoms with Crippen LogP contribution in [-0.2, 0) is 66.4 Å². The van der Waals surface area contributed by atoms with Crippen molar-refractivity contribution in [3.8, 4) is 0 Å². The number of unbranched alkanes of at least 4 members (excludes halogenated alkanes) is 3. The molecule has 0 aliphatic rings. The van der Waals surface area contributed by atoms with Gasteiger partial charge in [0.15, 0.2) is 0 Å². The van der Waals surface area contributed by atoms with E-state index in [0.717, 1.165) is 13.0 Å². The van der Waals surface area contributed by atoms with Crippen LogP contribution in [0.15, 0.2) is 0 Å². The van der Waals surface area contributed by atoms with E-state index in [1.165, 1.54) is 23.7 Å². The quantitative estimate of drug-likeness (QED) is 0.0385. The van der Waals surface area contributed by atoms with Crippen molar-refractivity contribution in [1.29, 1.82) is 0 Å². The van der Waals surface area contributed by atoms with Crippen LogP contribution in [0.2, 0.25) is 0 Å². The Bertz CT molecular complexity index is 657. The van der Waals surface area contributed by atoms with Crippen LogP contribution in [0.5, 0.6) is 0 Å². The van der Waals surface area contributed by atoms with Crippen molar-refractivity contribution in [3.63, 3.8) is 0 Å². The Morgan fingerprint density at radius 2 is 0.612 bits per heavy atom. The maximum atomic E-state index is 11.5. The van der Waals surface area contributed by atoms with Crippen LogP contribution in [0, 0.1) is 0 Å². The highest BCUT2D eigenvalue weighted by atomic mass is 127. The molecule has 0 unspecified atom stereocenters. The van der Waals surface area contributed by atoms with Crippen molar-refractivity contribution in [3.05, 3.63) is 0 Å². The molecule has 0 heterocycles. The SMILES string of the molecule is CC(C)(C)OC(=O)COCCOCCOCCOCCOCCOCCOCCOCCOCCOCCOCCOCCCCCCI. The fraction of sp³-hybridized carbons (Fsp3) is 0.971. The highest BCUT2D eigenvalue weighted by molar-refractivity contribution is 14.1. The summed E-state index contributed by atoms with van der Waals surface area (Å²) in [4.78, 5) is 11.5. The fourth-order valence-corrected chi connectivity index (χ4v) is 4.14. The second kappa shape index (κ2) is 40.5. The summed E-state index contributed by atoms with van der Waals surface area (Å²) in [5.41, 5.74) is -0.510. The molecule has 0 aliphatic heterocycles. The molecule has 0 spiro atoms. The predicted octanol–water partition coefficient (Wildman–Crippen LogP) is 3.52. The van der Waals surface area contributed by atoms with Gasteiger partial charge in [-0.15, -0.1) is 0 Å². The Kier molecular flexibility index (Phi) is 40.3. The lowest BCUT2D eigenvalue weighted by atomic mass is 10.2. The lowest BCUT2D eigenvalue weighted by molar-refractivity contribution is -0.160. The van der Waals surface area contributed by atoms with Crippen molar-refractivity contribution >= 4 is 28.6 Å². The van der Waals surface area contributed by atoms with Gasteiger partial charge in [-0.3, -0.25) is 0 Å². The minimum Gasteiger partial charge on any atom is -0.458 e. The molecule has 0 aliphatic carbocycles. The smallest absolute Gasteiger partial charge is 0.332 e. The van der Waals surface area contributed by atoms with Gasteiger partial charge in [-0.1, -0.05) is 35.4 Å². The molecule has 0 amide bonds. The highest BCUT2D eigenvalue weighted by Gasteiger charge is 2.15. The number of esters is 1. The molecule has 0 aromatic carbocycles. The maximum Gasteiger partial charge on any atom is 0.332 e. The molecule has 0 fully saturated rings. The first kappa shape index (κ1) is 48.7. The van der Waals surface area contributed by atoms with Crippen LogP contribution in [0.1, 0.15) is 46.5 Å². The lowest BCUT2D eigenvalue weighted by Crippen LogP contribution is -2.27. The summed E-state index contributed by atoms with van der Waals surface area (Å²) >= 11 is 2.42. The molecular weight excluding hydrogens is 759 g/mol. The molecule has 0 saturated carbocycles. The molecule has 0 radical (unpaired) electrons. The number of halogens is 1. The van der Waals surface area contributed by atoms with Gasteiger partial charge in [-0.2, -0.15) is 0 Å². The third kappa shape index (κ3) is 45.7. The van der Waals surface area contributed by atoms with E-state index >= 15 is 0 Å². The van der Waals surface area contributed by atoms with Gasteiger partial charge in [-0.05, 0) is 38.0 Å². The Hall–Kier alpha value is -0.280. The van der Waals surface area contributed by atoms with Gasteiger partial charge in [0.2, 0.25) is 0 Å². The number of hydrogen-bond acceptors (Lipinski definition) is 14. The zero-order chi connectivity index (χ0) is 35.8. The molecule has 0 bridgehead atoms. The summed E-state index contributed by atoms with van der Waals surface area (Å²) in [7, 11) is 0. The van der Waals surface area contributed by atoms with E-state index < -0.39 is 5.60 Å². The lowest BCUT2D eigenvalue weighted by Gasteiger charge is -2.19. The van der Waals surface area contributed by atoms with Gasteiger partial charge in [0, 0.05) is 6.61 Å². The van der Waals surface area contributed by atoms with Crippen molar-refractivity contribution in [1.82, 2.24) is 0 Å². The Morgan fingerprint density at radius 3 is 0.878 bits per heavy atom. The van der Waals surface area contributed by atoms with Gasteiger partial charge in [0.25, 0.3) is 0 Å². The van der Waals surface area contributed by atoms with E-state index in [2.05, 4.69) is 22.6 Å². The van der Waals surface area contributed by atoms with Crippen LogP contribution in [0.25, 0.3) is 0 Å². The molecule has 294 valence electrons. The van der Waals surface area contributed by atoms with Crippen LogP contribution in [0.4, 0.5) is 0 Å². The minimum absolute atomic E-state index is 0.0823. The average molecular weight is 827 g/mol. The molecule has 14 nitrogen and oxygen atoms in total. The zero-order valence-electron chi connectivity index (χ0n) is 30.6. The first-order valence-electron chi connectivity index (χ1n) is 17.7. The molecule has 49 heavy (non-hydrogen) atoms. The summed E-state index contributed by atoms with van der Waals surface area (Å²) in [6, 6.07) is 0. The predicted molar refractivity (Wildman–Crippen MR) is 193 cm³/mol. The highest BCUT2D eigenvalue weighted by Crippen LogP contribution is 2.06. The van der Waals surface area contributed by atoms with E-state index in [0.29, 0.717) is 145 Å². The van der Waals surface area contributed by atoms with E-state index in [4.69, 9.17) is 61.6 Å². The summed E-state index contributed by atoms with van der Waals surface area (Å²) < 4.78 is 71.9. The summed E-state index contributed by atoms with van der Waals surface area (Å²) in [6.07, 6.45) is 4.96. The number of carbonyl (C=O) groups excluding carboxylic acids is 1. The third-order valence-corrected chi connectivity index (χ3v) is 6.67. The molecule has 0 saturated heterocycles. The molecule has 15 heteroatoms. The summed E-state index contributed by atoms with van der Waals surface area (Å²) in [5.74, 6) is -0.386. The maximum absolute atomic E-state index is 11.5. The van der Waals surface area contributed by atoms with E-state index in [-0.39, 0.29) is 12.6 Å². The first-order chi connectivity index (χ1) is 24.0. The molecule has 0 atom stereocenters. The summed E-state index contributed by atoms with van der Waals surface area (Å²) in [6.45, 7) is 17.2. The molecule has 0 rings (SSSR count). The van der Waals surface area contributed by atoms with Gasteiger partial charge < -0.3 is 61.6 Å². The second-order valence-corrected chi connectivity index (χ2v) is 12.6. The molecule has 0 aromatic rings. The largest absolute Gasteiger partial charge is 0.458 e. The van der Waals surface area contributed by atoms with Crippen LogP contribution < -0.4 is 0 Å². The molecule has 0 aromatic heterocycles. The second-order valence-electron chi connectivity index (χ2n) is 11.5. The van der Waals surface area contributed by atoms with E-state index in [1.807, 2.05) is 20.8 Å². The number of rotatable bonds is 41. The Morgan fingerprint density at radius 1 is 0.367 bits per heavy atom. The standard InChI is InChI=1S/C34H67IO14/c1-34(2,3)49-33(36)32-48-31-30-47-29-28-46-27-26-45-25-24-44-23-22-43-21-20-42-19-18-41-17-16-40-15-14-39-13-12-38-11-10-37-9-7-5-4-6-8-35/h4-32H2,1-3H3. The minimum atomic E-state index is -0.510. The average Bonchev–Trinajstić information content (AvgIpc) is 3.06. The van der Waals surface area contributed by atoms with Crippen molar-refractivity contribution in [2.24, 2.45) is 0 Å². The third-order valence-electron chi connectivity index (χ3n) is 5.90. The number of hydrogen-bond donors (Lipinski definition) is 0. The van der Waals surface area contributed by atoms with Crippen molar-refractivity contribution in [2.45, 2.75) is 52.1 Å². The van der Waals surface area contributed by atoms with E-state index in [9.17, 15) is 4.79 Å². The monoisotopic (exact) mass is 826 g/mol. The van der Waals surface area contributed by atoms with Crippen LogP contribution in [-0.4, -0.2) is 175 Å². The van der Waals surface area contributed by atoms with Gasteiger partial charge in [-0.25, -0.2) is 4.79 Å². The van der Waals surface area contributed by atoms with Crippen LogP contribution in [0.3, 0.4) is 0 Å². The summed E-state index contributed by atoms with van der Waals surface area (Å²) in [5, 5.41) is 0. The van der Waals surface area contributed by atoms with Gasteiger partial charge >= 0.3 is 5.97 Å². The first-order valence-corrected chi connectivity index (χ1v) is 19.2. The molecule has 0 N–H and O–H groups in total. The van der Waals surface area contributed by atoms with Crippen molar-refractivity contribution < 1.29 is 66.4 Å². The van der Waals surface area contributed by atoms with Crippen LogP contribution >= 0.6 is 22.6 Å². The normalized spacial score (nSPS) is 11.8. The number of alkyl halides is 1. The van der Waals surface area contributed by atoms with Gasteiger partial charge in [0.1, 0.15) is 12.2 Å². The van der Waals surface area contributed by atoms with Gasteiger partial charge in [0.05, 0.1) is 145 Å². The Balaban J connectivity index is 3.09. The molecular formula is C34H67IO14. The zero-order valence-corrected chi connectivity index (χ0v) is 32.8. The fourth-order valence-electron chi connectivity index (χ4n) is 3.60. The van der Waals surface area contributed by atoms with Crippen molar-refractivity contribution in [2.75, 3.05) is 163 Å². The van der Waals surface area contributed by atoms with E-state index in [1.54, 1.807) is 0 Å². The Labute approximate surface area is 309 Å². The number of ether oxygens (including phenoxy) is 13. The topological polar surface area (TPSA) is 137 Å². The number of carbonyl (C=O) groups is 1.